The number of Topliss-reactive ketones (excluding diaryl/α,β-unsaturated/α-hetero) is 2. The largest absolute Gasteiger partial charge is 0.508 e. The molecule has 0 aromatic heterocycles. The fourth-order valence-corrected chi connectivity index (χ4v) is 7.07. The number of carbonyl (C=O) groups excluding carboxylic acids is 3. The van der Waals surface area contributed by atoms with Crippen LogP contribution in [0.1, 0.15) is 23.1 Å². The molecule has 0 radical (unpaired) electrons. The molecule has 4 unspecified atom stereocenters. The molecule has 1 saturated carbocycles. The van der Waals surface area contributed by atoms with Crippen LogP contribution in [-0.4, -0.2) is 89.4 Å². The summed E-state index contributed by atoms with van der Waals surface area (Å²) in [5, 5.41) is 49.2. The van der Waals surface area contributed by atoms with E-state index in [2.05, 4.69) is 5.32 Å². The molecule has 4 atom stereocenters. The molecule has 3 aliphatic carbocycles. The zero-order valence-electron chi connectivity index (χ0n) is 24.7. The maximum absolute atomic E-state index is 14.1. The number of fused-ring (bicyclic) bond motifs is 4. The number of likely N-dealkylation sites (N-methyl/N-ethyl adjacent to an activating group) is 1. The number of aliphatic hydroxyl groups excluding tert-OH is 2. The van der Waals surface area contributed by atoms with Crippen LogP contribution in [0, 0.1) is 11.8 Å². The van der Waals surface area contributed by atoms with Gasteiger partial charge in [-0.3, -0.25) is 19.3 Å². The van der Waals surface area contributed by atoms with Gasteiger partial charge >= 0.3 is 0 Å². The number of hydrogen-bond donors (Lipinski definition) is 6. The topological polar surface area (TPSA) is 195 Å². The molecular formula is C31H34N4O9. The predicted octanol–water partition coefficient (Wildman–Crippen LogP) is 1.37. The SMILES string of the molecule is CN(C)c1cc(NCc2ccc3c(c2)OCO3)c(O)c2c1CC1CC3C(N(C)C)C(=O)C(C(N)=O)=C(O)C3(O)C(=O)C1=C2O. The first-order valence-corrected chi connectivity index (χ1v) is 14.1. The maximum atomic E-state index is 14.1. The highest BCUT2D eigenvalue weighted by molar-refractivity contribution is 6.24. The lowest BCUT2D eigenvalue weighted by molar-refractivity contribution is -0.153. The summed E-state index contributed by atoms with van der Waals surface area (Å²) in [4.78, 5) is 42.9. The van der Waals surface area contributed by atoms with E-state index >= 15 is 0 Å². The number of benzene rings is 2. The van der Waals surface area contributed by atoms with Crippen LogP contribution in [0.2, 0.25) is 0 Å². The summed E-state index contributed by atoms with van der Waals surface area (Å²) in [6, 6.07) is 6.06. The smallest absolute Gasteiger partial charge is 0.255 e. The van der Waals surface area contributed by atoms with Crippen LogP contribution in [0.25, 0.3) is 5.76 Å². The molecule has 0 spiro atoms. The van der Waals surface area contributed by atoms with Crippen molar-refractivity contribution < 1.29 is 44.3 Å². The molecule has 2 aromatic rings. The second kappa shape index (κ2) is 10.2. The number of nitrogens with two attached hydrogens (primary N) is 1. The summed E-state index contributed by atoms with van der Waals surface area (Å²) < 4.78 is 10.8. The van der Waals surface area contributed by atoms with E-state index < -0.39 is 58.0 Å². The number of nitrogens with one attached hydrogen (secondary N) is 1. The molecule has 1 heterocycles. The number of ketones is 2. The zero-order chi connectivity index (χ0) is 31.8. The first-order valence-electron chi connectivity index (χ1n) is 14.1. The lowest BCUT2D eigenvalue weighted by Crippen LogP contribution is -2.65. The average Bonchev–Trinajstić information content (AvgIpc) is 3.42. The van der Waals surface area contributed by atoms with Crippen LogP contribution in [0.15, 0.2) is 41.2 Å². The number of primary amides is 1. The van der Waals surface area contributed by atoms with E-state index in [0.717, 1.165) is 5.56 Å². The van der Waals surface area contributed by atoms with Crippen LogP contribution in [0.5, 0.6) is 17.2 Å². The van der Waals surface area contributed by atoms with Crippen LogP contribution in [0.3, 0.4) is 0 Å². The normalized spacial score (nSPS) is 25.5. The quantitative estimate of drug-likeness (QED) is 0.205. The number of aliphatic hydroxyl groups is 3. The van der Waals surface area contributed by atoms with Crippen LogP contribution in [-0.2, 0) is 27.3 Å². The van der Waals surface area contributed by atoms with E-state index in [9.17, 15) is 34.8 Å². The minimum Gasteiger partial charge on any atom is -0.508 e. The molecule has 1 fully saturated rings. The van der Waals surface area contributed by atoms with Gasteiger partial charge in [-0.25, -0.2) is 0 Å². The number of rotatable bonds is 6. The lowest BCUT2D eigenvalue weighted by Gasteiger charge is -2.50. The number of phenols is 1. The molecule has 7 N–H and O–H groups in total. The summed E-state index contributed by atoms with van der Waals surface area (Å²) in [6.07, 6.45) is 0.210. The van der Waals surface area contributed by atoms with Crippen LogP contribution in [0.4, 0.5) is 11.4 Å². The Kier molecular flexibility index (Phi) is 6.78. The Bertz CT molecular complexity index is 1700. The third-order valence-electron chi connectivity index (χ3n) is 9.10. The second-order valence-corrected chi connectivity index (χ2v) is 12.0. The van der Waals surface area contributed by atoms with Gasteiger partial charge in [-0.05, 0) is 62.2 Å². The number of ether oxygens (including phenoxy) is 2. The molecule has 6 rings (SSSR count). The summed E-state index contributed by atoms with van der Waals surface area (Å²) in [5.74, 6) is -5.66. The molecule has 44 heavy (non-hydrogen) atoms. The van der Waals surface area contributed by atoms with Gasteiger partial charge in [0.2, 0.25) is 12.6 Å². The minimum atomic E-state index is -2.69. The molecule has 13 heteroatoms. The van der Waals surface area contributed by atoms with Crippen molar-refractivity contribution in [2.75, 3.05) is 45.2 Å². The monoisotopic (exact) mass is 606 g/mol. The van der Waals surface area contributed by atoms with Gasteiger partial charge in [0.1, 0.15) is 22.8 Å². The molecule has 232 valence electrons. The summed E-state index contributed by atoms with van der Waals surface area (Å²) in [7, 11) is 6.75. The number of aromatic hydroxyl groups is 1. The number of phenolic OH excluding ortho intramolecular Hbond substituents is 1. The Hall–Kier alpha value is -4.75. The van der Waals surface area contributed by atoms with E-state index in [4.69, 9.17) is 15.2 Å². The van der Waals surface area contributed by atoms with Crippen molar-refractivity contribution in [2.24, 2.45) is 17.6 Å². The highest BCUT2D eigenvalue weighted by Crippen LogP contribution is 2.54. The lowest BCUT2D eigenvalue weighted by atomic mass is 9.57. The first-order chi connectivity index (χ1) is 20.8. The van der Waals surface area contributed by atoms with Crippen molar-refractivity contribution in [1.29, 1.82) is 0 Å². The second-order valence-electron chi connectivity index (χ2n) is 12.0. The van der Waals surface area contributed by atoms with Gasteiger partial charge in [-0.1, -0.05) is 6.07 Å². The Morgan fingerprint density at radius 2 is 1.80 bits per heavy atom. The number of nitrogens with zero attached hydrogens (tertiary/aromatic N) is 2. The van der Waals surface area contributed by atoms with Crippen LogP contribution >= 0.6 is 0 Å². The molecule has 2 aromatic carbocycles. The van der Waals surface area contributed by atoms with Gasteiger partial charge in [-0.15, -0.1) is 0 Å². The Labute approximate surface area is 252 Å². The van der Waals surface area contributed by atoms with Crippen molar-refractivity contribution >= 4 is 34.6 Å². The van der Waals surface area contributed by atoms with Gasteiger partial charge in [0.25, 0.3) is 5.91 Å². The van der Waals surface area contributed by atoms with Gasteiger partial charge in [0, 0.05) is 37.8 Å². The van der Waals surface area contributed by atoms with Crippen molar-refractivity contribution in [2.45, 2.75) is 31.0 Å². The first kappa shape index (κ1) is 29.3. The number of carbonyl (C=O) groups is 3. The number of anilines is 2. The Morgan fingerprint density at radius 1 is 1.09 bits per heavy atom. The van der Waals surface area contributed by atoms with Crippen molar-refractivity contribution in [3.05, 3.63) is 57.9 Å². The maximum Gasteiger partial charge on any atom is 0.255 e. The van der Waals surface area contributed by atoms with Crippen molar-refractivity contribution in [3.63, 3.8) is 0 Å². The van der Waals surface area contributed by atoms with Gasteiger partial charge < -0.3 is 45.9 Å². The highest BCUT2D eigenvalue weighted by Gasteiger charge is 2.64. The molecule has 1 amide bonds. The van der Waals surface area contributed by atoms with E-state index in [1.807, 2.05) is 31.1 Å². The van der Waals surface area contributed by atoms with E-state index in [1.165, 1.54) is 4.90 Å². The molecule has 4 aliphatic rings. The van der Waals surface area contributed by atoms with Crippen molar-refractivity contribution in [3.8, 4) is 17.2 Å². The molecule has 1 aliphatic heterocycles. The third kappa shape index (κ3) is 4.10. The molecular weight excluding hydrogens is 572 g/mol. The summed E-state index contributed by atoms with van der Waals surface area (Å²) >= 11 is 0. The fourth-order valence-electron chi connectivity index (χ4n) is 7.07. The Balaban J connectivity index is 1.46. The fraction of sp³-hybridized carbons (Fsp3) is 0.387. The van der Waals surface area contributed by atoms with Gasteiger partial charge in [0.15, 0.2) is 22.9 Å². The van der Waals surface area contributed by atoms with Crippen molar-refractivity contribution in [1.82, 2.24) is 4.90 Å². The highest BCUT2D eigenvalue weighted by atomic mass is 16.7. The zero-order valence-corrected chi connectivity index (χ0v) is 24.7. The number of hydrogen-bond acceptors (Lipinski definition) is 12. The third-order valence-corrected chi connectivity index (χ3v) is 9.10. The van der Waals surface area contributed by atoms with Gasteiger partial charge in [0.05, 0.1) is 17.3 Å². The van der Waals surface area contributed by atoms with Crippen LogP contribution < -0.4 is 25.4 Å². The molecule has 13 nitrogen and oxygen atoms in total. The standard InChI is InChI=1S/C31H34N4O9/c1-34(2)18-10-17(33-11-13-5-6-19-20(7-13)44-12-43-19)25(36)22-15(18)8-14-9-16-24(35(3)4)27(38)23(30(32)41)29(40)31(16,42)28(39)21(14)26(22)37/h5-7,10,14,16,24,33,36-37,40,42H,8-9,11-12H2,1-4H3,(H2,32,41). The summed E-state index contributed by atoms with van der Waals surface area (Å²) in [6.45, 7) is 0.418. The predicted molar refractivity (Wildman–Crippen MR) is 158 cm³/mol. The van der Waals surface area contributed by atoms with E-state index in [0.29, 0.717) is 22.7 Å². The van der Waals surface area contributed by atoms with E-state index in [1.54, 1.807) is 26.2 Å². The molecule has 0 saturated heterocycles. The average molecular weight is 607 g/mol. The van der Waals surface area contributed by atoms with Gasteiger partial charge in [-0.2, -0.15) is 0 Å². The Morgan fingerprint density at radius 3 is 2.45 bits per heavy atom. The number of amides is 1. The van der Waals surface area contributed by atoms with E-state index in [-0.39, 0.29) is 48.8 Å². The minimum absolute atomic E-state index is 0.0145. The molecule has 0 bridgehead atoms. The summed E-state index contributed by atoms with van der Waals surface area (Å²) in [5.41, 5.74) is 4.04.